The number of H-pyrrole nitrogens is 1. The second kappa shape index (κ2) is 5.99. The lowest BCUT2D eigenvalue weighted by atomic mass is 10.2. The highest BCUT2D eigenvalue weighted by molar-refractivity contribution is 5.83. The summed E-state index contributed by atoms with van der Waals surface area (Å²) in [5, 5.41) is 4.70. The Morgan fingerprint density at radius 1 is 1.24 bits per heavy atom. The SMILES string of the molecule is O=C(CCNc1cc2ccccc2c(=O)[nH]1)N1CCCC1. The van der Waals surface area contributed by atoms with Crippen LogP contribution >= 0.6 is 0 Å². The number of benzene rings is 1. The van der Waals surface area contributed by atoms with Crippen molar-refractivity contribution in [2.45, 2.75) is 19.3 Å². The minimum Gasteiger partial charge on any atom is -0.371 e. The monoisotopic (exact) mass is 285 g/mol. The van der Waals surface area contributed by atoms with Crippen LogP contribution in [-0.2, 0) is 4.79 Å². The Morgan fingerprint density at radius 2 is 2.00 bits per heavy atom. The number of aromatic amines is 1. The van der Waals surface area contributed by atoms with Gasteiger partial charge in [0, 0.05) is 31.4 Å². The molecule has 1 saturated heterocycles. The molecule has 2 aromatic rings. The van der Waals surface area contributed by atoms with Crippen molar-refractivity contribution in [2.24, 2.45) is 0 Å². The lowest BCUT2D eigenvalue weighted by Crippen LogP contribution is -2.29. The molecule has 0 bridgehead atoms. The largest absolute Gasteiger partial charge is 0.371 e. The van der Waals surface area contributed by atoms with Gasteiger partial charge in [0.25, 0.3) is 5.56 Å². The molecule has 3 rings (SSSR count). The number of anilines is 1. The number of fused-ring (bicyclic) bond motifs is 1. The number of nitrogens with zero attached hydrogens (tertiary/aromatic N) is 1. The van der Waals surface area contributed by atoms with Gasteiger partial charge in [0.2, 0.25) is 5.91 Å². The number of hydrogen-bond acceptors (Lipinski definition) is 3. The zero-order chi connectivity index (χ0) is 14.7. The normalized spacial score (nSPS) is 14.6. The molecule has 5 heteroatoms. The first-order chi connectivity index (χ1) is 10.2. The van der Waals surface area contributed by atoms with E-state index in [2.05, 4.69) is 10.3 Å². The summed E-state index contributed by atoms with van der Waals surface area (Å²) >= 11 is 0. The number of rotatable bonds is 4. The van der Waals surface area contributed by atoms with Gasteiger partial charge in [-0.1, -0.05) is 18.2 Å². The van der Waals surface area contributed by atoms with Crippen LogP contribution in [0.15, 0.2) is 35.1 Å². The Balaban J connectivity index is 1.63. The third kappa shape index (κ3) is 3.07. The van der Waals surface area contributed by atoms with Gasteiger partial charge >= 0.3 is 0 Å². The molecule has 1 aliphatic rings. The smallest absolute Gasteiger partial charge is 0.257 e. The molecule has 0 atom stereocenters. The Labute approximate surface area is 123 Å². The molecule has 1 aromatic heterocycles. The Bertz CT molecular complexity index is 702. The van der Waals surface area contributed by atoms with E-state index in [0.29, 0.717) is 24.2 Å². The van der Waals surface area contributed by atoms with Gasteiger partial charge in [-0.15, -0.1) is 0 Å². The zero-order valence-corrected chi connectivity index (χ0v) is 11.9. The van der Waals surface area contributed by atoms with E-state index < -0.39 is 0 Å². The Kier molecular flexibility index (Phi) is 3.90. The number of aromatic nitrogens is 1. The average Bonchev–Trinajstić information content (AvgIpc) is 3.01. The van der Waals surface area contributed by atoms with E-state index in [1.54, 1.807) is 6.07 Å². The average molecular weight is 285 g/mol. The lowest BCUT2D eigenvalue weighted by Gasteiger charge is -2.15. The maximum atomic E-state index is 11.9. The van der Waals surface area contributed by atoms with Crippen molar-refractivity contribution in [1.29, 1.82) is 0 Å². The highest BCUT2D eigenvalue weighted by atomic mass is 16.2. The summed E-state index contributed by atoms with van der Waals surface area (Å²) in [6.07, 6.45) is 2.67. The molecular weight excluding hydrogens is 266 g/mol. The van der Waals surface area contributed by atoms with Crippen molar-refractivity contribution in [2.75, 3.05) is 25.0 Å². The minimum absolute atomic E-state index is 0.110. The number of amides is 1. The van der Waals surface area contributed by atoms with Gasteiger partial charge in [-0.2, -0.15) is 0 Å². The molecule has 0 spiro atoms. The fourth-order valence-corrected chi connectivity index (χ4v) is 2.73. The predicted octanol–water partition coefficient (Wildman–Crippen LogP) is 1.95. The molecule has 110 valence electrons. The van der Waals surface area contributed by atoms with Gasteiger partial charge in [0.05, 0.1) is 0 Å². The summed E-state index contributed by atoms with van der Waals surface area (Å²) in [6, 6.07) is 9.36. The van der Waals surface area contributed by atoms with E-state index in [1.807, 2.05) is 29.2 Å². The molecule has 1 aliphatic heterocycles. The zero-order valence-electron chi connectivity index (χ0n) is 11.9. The standard InChI is InChI=1S/C16H19N3O2/c20-15(19-9-3-4-10-19)7-8-17-14-11-12-5-1-2-6-13(12)16(21)18-14/h1-2,5-6,11H,3-4,7-10H2,(H2,17,18,21). The fourth-order valence-electron chi connectivity index (χ4n) is 2.73. The van der Waals surface area contributed by atoms with Crippen LogP contribution < -0.4 is 10.9 Å². The van der Waals surface area contributed by atoms with Gasteiger partial charge in [-0.3, -0.25) is 9.59 Å². The molecule has 1 fully saturated rings. The Morgan fingerprint density at radius 3 is 2.81 bits per heavy atom. The van der Waals surface area contributed by atoms with Crippen molar-refractivity contribution < 1.29 is 4.79 Å². The summed E-state index contributed by atoms with van der Waals surface area (Å²) in [4.78, 5) is 28.6. The quantitative estimate of drug-likeness (QED) is 0.902. The van der Waals surface area contributed by atoms with Crippen molar-refractivity contribution in [3.63, 3.8) is 0 Å². The van der Waals surface area contributed by atoms with Crippen molar-refractivity contribution in [3.8, 4) is 0 Å². The van der Waals surface area contributed by atoms with Crippen LogP contribution in [0.25, 0.3) is 10.8 Å². The number of carbonyl (C=O) groups excluding carboxylic acids is 1. The van der Waals surface area contributed by atoms with Gasteiger partial charge in [0.15, 0.2) is 0 Å². The lowest BCUT2D eigenvalue weighted by molar-refractivity contribution is -0.129. The molecule has 21 heavy (non-hydrogen) atoms. The first kappa shape index (κ1) is 13.7. The van der Waals surface area contributed by atoms with Crippen molar-refractivity contribution in [1.82, 2.24) is 9.88 Å². The number of likely N-dealkylation sites (tertiary alicyclic amines) is 1. The third-order valence-corrected chi connectivity index (χ3v) is 3.87. The number of nitrogens with one attached hydrogen (secondary N) is 2. The number of pyridine rings is 1. The van der Waals surface area contributed by atoms with Crippen LogP contribution in [0.1, 0.15) is 19.3 Å². The van der Waals surface area contributed by atoms with Crippen molar-refractivity contribution in [3.05, 3.63) is 40.7 Å². The first-order valence-electron chi connectivity index (χ1n) is 7.38. The van der Waals surface area contributed by atoms with Crippen LogP contribution in [0, 0.1) is 0 Å². The van der Waals surface area contributed by atoms with Gasteiger partial charge in [0.1, 0.15) is 5.82 Å². The minimum atomic E-state index is -0.110. The van der Waals surface area contributed by atoms with Gasteiger partial charge in [-0.25, -0.2) is 0 Å². The van der Waals surface area contributed by atoms with E-state index >= 15 is 0 Å². The van der Waals surface area contributed by atoms with E-state index in [0.717, 1.165) is 31.3 Å². The van der Waals surface area contributed by atoms with Crippen LogP contribution in [-0.4, -0.2) is 35.4 Å². The molecule has 2 heterocycles. The van der Waals surface area contributed by atoms with E-state index in [9.17, 15) is 9.59 Å². The second-order valence-electron chi connectivity index (χ2n) is 5.36. The van der Waals surface area contributed by atoms with E-state index in [4.69, 9.17) is 0 Å². The summed E-state index contributed by atoms with van der Waals surface area (Å²) in [5.41, 5.74) is -0.110. The highest BCUT2D eigenvalue weighted by Gasteiger charge is 2.16. The second-order valence-corrected chi connectivity index (χ2v) is 5.36. The molecule has 0 unspecified atom stereocenters. The summed E-state index contributed by atoms with van der Waals surface area (Å²) in [5.74, 6) is 0.844. The molecule has 1 amide bonds. The molecule has 2 N–H and O–H groups in total. The van der Waals surface area contributed by atoms with Gasteiger partial charge in [-0.05, 0) is 30.4 Å². The molecule has 0 radical (unpaired) electrons. The third-order valence-electron chi connectivity index (χ3n) is 3.87. The van der Waals surface area contributed by atoms with E-state index in [-0.39, 0.29) is 11.5 Å². The predicted molar refractivity (Wildman–Crippen MR) is 83.5 cm³/mol. The molecular formula is C16H19N3O2. The molecule has 5 nitrogen and oxygen atoms in total. The maximum absolute atomic E-state index is 11.9. The maximum Gasteiger partial charge on any atom is 0.257 e. The Hall–Kier alpha value is -2.30. The topological polar surface area (TPSA) is 65.2 Å². The number of carbonyl (C=O) groups is 1. The molecule has 0 aliphatic carbocycles. The van der Waals surface area contributed by atoms with Crippen LogP contribution in [0.5, 0.6) is 0 Å². The van der Waals surface area contributed by atoms with E-state index in [1.165, 1.54) is 0 Å². The summed E-state index contributed by atoms with van der Waals surface area (Å²) in [6.45, 7) is 2.29. The summed E-state index contributed by atoms with van der Waals surface area (Å²) < 4.78 is 0. The molecule has 1 aromatic carbocycles. The fraction of sp³-hybridized carbons (Fsp3) is 0.375. The van der Waals surface area contributed by atoms with Crippen molar-refractivity contribution >= 4 is 22.5 Å². The molecule has 0 saturated carbocycles. The van der Waals surface area contributed by atoms with Crippen LogP contribution in [0.3, 0.4) is 0 Å². The first-order valence-corrected chi connectivity index (χ1v) is 7.38. The van der Waals surface area contributed by atoms with Crippen LogP contribution in [0.4, 0.5) is 5.82 Å². The number of hydrogen-bond donors (Lipinski definition) is 2. The van der Waals surface area contributed by atoms with Gasteiger partial charge < -0.3 is 15.2 Å². The summed E-state index contributed by atoms with van der Waals surface area (Å²) in [7, 11) is 0. The van der Waals surface area contributed by atoms with Crippen LogP contribution in [0.2, 0.25) is 0 Å². The highest BCUT2D eigenvalue weighted by Crippen LogP contribution is 2.13.